The number of anilines is 1. The lowest BCUT2D eigenvalue weighted by Gasteiger charge is -2.19. The predicted octanol–water partition coefficient (Wildman–Crippen LogP) is 3.00. The molecule has 2 N–H and O–H groups in total. The van der Waals surface area contributed by atoms with E-state index in [0.717, 1.165) is 5.75 Å². The van der Waals surface area contributed by atoms with Crippen molar-refractivity contribution in [1.82, 2.24) is 9.59 Å². The Morgan fingerprint density at radius 2 is 1.89 bits per heavy atom. The second-order valence-electron chi connectivity index (χ2n) is 5.15. The lowest BCUT2D eigenvalue weighted by Crippen LogP contribution is -2.10. The molecular weight excluding hydrogens is 246 g/mol. The summed E-state index contributed by atoms with van der Waals surface area (Å²) in [5, 5.41) is 4.52. The molecule has 0 aliphatic carbocycles. The van der Waals surface area contributed by atoms with Gasteiger partial charge in [0.2, 0.25) is 0 Å². The Morgan fingerprint density at radius 1 is 1.22 bits per heavy atom. The summed E-state index contributed by atoms with van der Waals surface area (Å²) in [4.78, 5) is 0. The van der Waals surface area contributed by atoms with Crippen LogP contribution in [0.2, 0.25) is 0 Å². The topological polar surface area (TPSA) is 61.0 Å². The lowest BCUT2D eigenvalue weighted by atomic mass is 9.87. The molecule has 4 nitrogen and oxygen atoms in total. The van der Waals surface area contributed by atoms with Crippen molar-refractivity contribution in [3.05, 3.63) is 35.5 Å². The van der Waals surface area contributed by atoms with Crippen LogP contribution in [0.3, 0.4) is 0 Å². The lowest BCUT2D eigenvalue weighted by molar-refractivity contribution is 0.301. The Bertz CT molecular complexity index is 514. The highest BCUT2D eigenvalue weighted by atomic mass is 32.1. The van der Waals surface area contributed by atoms with E-state index in [9.17, 15) is 0 Å². The van der Waals surface area contributed by atoms with Gasteiger partial charge in [-0.25, -0.2) is 0 Å². The zero-order valence-electron chi connectivity index (χ0n) is 10.8. The summed E-state index contributed by atoms with van der Waals surface area (Å²) in [5.41, 5.74) is 7.83. The van der Waals surface area contributed by atoms with E-state index in [1.54, 1.807) is 0 Å². The second-order valence-corrected chi connectivity index (χ2v) is 5.93. The van der Waals surface area contributed by atoms with Crippen molar-refractivity contribution < 1.29 is 4.74 Å². The van der Waals surface area contributed by atoms with Crippen LogP contribution in [0.1, 0.15) is 32.0 Å². The van der Waals surface area contributed by atoms with Crippen LogP contribution in [0.25, 0.3) is 0 Å². The molecule has 0 saturated heterocycles. The minimum Gasteiger partial charge on any atom is -0.487 e. The number of ether oxygens (including phenoxy) is 1. The molecule has 2 rings (SSSR count). The SMILES string of the molecule is CC(C)(C)c1ccc(OCc2nnsc2N)cc1. The number of nitrogen functional groups attached to an aromatic ring is 1. The van der Waals surface area contributed by atoms with Crippen molar-refractivity contribution in [3.8, 4) is 5.75 Å². The molecule has 0 saturated carbocycles. The average molecular weight is 263 g/mol. The number of nitrogens with two attached hydrogens (primary N) is 1. The minimum absolute atomic E-state index is 0.155. The number of hydrogen-bond acceptors (Lipinski definition) is 5. The van der Waals surface area contributed by atoms with Crippen molar-refractivity contribution in [2.24, 2.45) is 0 Å². The maximum Gasteiger partial charge on any atom is 0.136 e. The Morgan fingerprint density at radius 3 is 2.39 bits per heavy atom. The molecular formula is C13H17N3OS. The van der Waals surface area contributed by atoms with E-state index in [-0.39, 0.29) is 5.41 Å². The third-order valence-electron chi connectivity index (χ3n) is 2.68. The van der Waals surface area contributed by atoms with Crippen molar-refractivity contribution in [2.75, 3.05) is 5.73 Å². The summed E-state index contributed by atoms with van der Waals surface area (Å²) in [6.07, 6.45) is 0. The first kappa shape index (κ1) is 12.8. The first-order valence-corrected chi connectivity index (χ1v) is 6.54. The molecule has 0 spiro atoms. The van der Waals surface area contributed by atoms with Crippen LogP contribution in [-0.2, 0) is 12.0 Å². The summed E-state index contributed by atoms with van der Waals surface area (Å²) in [5.74, 6) is 0.815. The maximum absolute atomic E-state index is 5.70. The highest BCUT2D eigenvalue weighted by Gasteiger charge is 2.13. The standard InChI is InChI=1S/C13H17N3OS/c1-13(2,3)9-4-6-10(7-5-9)17-8-11-12(14)18-16-15-11/h4-7H,8,14H2,1-3H3. The largest absolute Gasteiger partial charge is 0.487 e. The Balaban J connectivity index is 2.01. The van der Waals surface area contributed by atoms with E-state index in [4.69, 9.17) is 10.5 Å². The number of aromatic nitrogens is 2. The summed E-state index contributed by atoms with van der Waals surface area (Å²) < 4.78 is 9.39. The van der Waals surface area contributed by atoms with Gasteiger partial charge in [-0.2, -0.15) is 0 Å². The predicted molar refractivity (Wildman–Crippen MR) is 73.8 cm³/mol. The average Bonchev–Trinajstić information content (AvgIpc) is 2.72. The van der Waals surface area contributed by atoms with Crippen LogP contribution >= 0.6 is 11.5 Å². The van der Waals surface area contributed by atoms with Gasteiger partial charge in [0.25, 0.3) is 0 Å². The summed E-state index contributed by atoms with van der Waals surface area (Å²) in [6, 6.07) is 8.10. The second kappa shape index (κ2) is 4.94. The normalized spacial score (nSPS) is 11.5. The molecule has 0 bridgehead atoms. The molecule has 1 heterocycles. The molecule has 1 aromatic heterocycles. The van der Waals surface area contributed by atoms with Crippen LogP contribution in [0, 0.1) is 0 Å². The monoisotopic (exact) mass is 263 g/mol. The van der Waals surface area contributed by atoms with Gasteiger partial charge in [-0.15, -0.1) is 5.10 Å². The fourth-order valence-corrected chi connectivity index (χ4v) is 1.95. The van der Waals surface area contributed by atoms with Crippen LogP contribution < -0.4 is 10.5 Å². The van der Waals surface area contributed by atoms with Crippen molar-refractivity contribution in [3.63, 3.8) is 0 Å². The van der Waals surface area contributed by atoms with E-state index in [1.807, 2.05) is 12.1 Å². The molecule has 0 amide bonds. The van der Waals surface area contributed by atoms with Gasteiger partial charge in [-0.1, -0.05) is 37.4 Å². The Hall–Kier alpha value is -1.62. The van der Waals surface area contributed by atoms with E-state index in [2.05, 4.69) is 42.5 Å². The van der Waals surface area contributed by atoms with Crippen molar-refractivity contribution in [1.29, 1.82) is 0 Å². The third-order valence-corrected chi connectivity index (χ3v) is 3.28. The van der Waals surface area contributed by atoms with Crippen molar-refractivity contribution in [2.45, 2.75) is 32.8 Å². The molecule has 96 valence electrons. The minimum atomic E-state index is 0.155. The number of hydrogen-bond donors (Lipinski definition) is 1. The van der Waals surface area contributed by atoms with Gasteiger partial charge in [0.1, 0.15) is 23.1 Å². The zero-order valence-corrected chi connectivity index (χ0v) is 11.6. The van der Waals surface area contributed by atoms with Crippen molar-refractivity contribution >= 4 is 16.5 Å². The molecule has 2 aromatic rings. The first-order chi connectivity index (χ1) is 8.47. The molecule has 5 heteroatoms. The van der Waals surface area contributed by atoms with Gasteiger partial charge in [0.15, 0.2) is 0 Å². The van der Waals surface area contributed by atoms with Gasteiger partial charge in [0, 0.05) is 11.5 Å². The van der Waals surface area contributed by atoms with Crippen LogP contribution in [0.15, 0.2) is 24.3 Å². The van der Waals surface area contributed by atoms with E-state index in [0.29, 0.717) is 17.3 Å². The van der Waals surface area contributed by atoms with Crippen LogP contribution in [0.4, 0.5) is 5.00 Å². The summed E-state index contributed by atoms with van der Waals surface area (Å²) in [7, 11) is 0. The first-order valence-electron chi connectivity index (χ1n) is 5.77. The molecule has 0 unspecified atom stereocenters. The smallest absolute Gasteiger partial charge is 0.136 e. The van der Waals surface area contributed by atoms with Crippen LogP contribution in [0.5, 0.6) is 5.75 Å². The van der Waals surface area contributed by atoms with Gasteiger partial charge in [-0.05, 0) is 23.1 Å². The maximum atomic E-state index is 5.70. The molecule has 0 radical (unpaired) electrons. The molecule has 18 heavy (non-hydrogen) atoms. The van der Waals surface area contributed by atoms with Gasteiger partial charge >= 0.3 is 0 Å². The number of rotatable bonds is 3. The highest BCUT2D eigenvalue weighted by molar-refractivity contribution is 7.09. The highest BCUT2D eigenvalue weighted by Crippen LogP contribution is 2.24. The summed E-state index contributed by atoms with van der Waals surface area (Å²) >= 11 is 1.18. The molecule has 0 aliphatic rings. The van der Waals surface area contributed by atoms with Gasteiger partial charge in [0.05, 0.1) is 0 Å². The molecule has 0 aliphatic heterocycles. The fraction of sp³-hybridized carbons (Fsp3) is 0.385. The zero-order chi connectivity index (χ0) is 13.2. The third kappa shape index (κ3) is 2.98. The van der Waals surface area contributed by atoms with Gasteiger partial charge in [-0.3, -0.25) is 0 Å². The quantitative estimate of drug-likeness (QED) is 0.924. The molecule has 0 fully saturated rings. The van der Waals surface area contributed by atoms with E-state index in [1.165, 1.54) is 17.1 Å². The number of benzene rings is 1. The van der Waals surface area contributed by atoms with Crippen LogP contribution in [-0.4, -0.2) is 9.59 Å². The van der Waals surface area contributed by atoms with E-state index < -0.39 is 0 Å². The number of nitrogens with zero attached hydrogens (tertiary/aromatic N) is 2. The van der Waals surface area contributed by atoms with Gasteiger partial charge < -0.3 is 10.5 Å². The Labute approximate surface area is 111 Å². The fourth-order valence-electron chi connectivity index (χ4n) is 1.52. The van der Waals surface area contributed by atoms with E-state index >= 15 is 0 Å². The summed E-state index contributed by atoms with van der Waals surface area (Å²) in [6.45, 7) is 6.91. The molecule has 0 atom stereocenters. The Kier molecular flexibility index (Phi) is 3.52. The molecule has 1 aromatic carbocycles.